The van der Waals surface area contributed by atoms with Gasteiger partial charge in [0.15, 0.2) is 0 Å². The lowest BCUT2D eigenvalue weighted by atomic mass is 9.81. The number of halogens is 2. The van der Waals surface area contributed by atoms with Crippen LogP contribution in [-0.4, -0.2) is 26.4 Å². The van der Waals surface area contributed by atoms with Crippen LogP contribution in [0.1, 0.15) is 6.42 Å². The highest BCUT2D eigenvalue weighted by Gasteiger charge is 2.66. The number of alkyl halides is 2. The first kappa shape index (κ1) is 15.3. The predicted octanol–water partition coefficient (Wildman–Crippen LogP) is 2.88. The van der Waals surface area contributed by atoms with Gasteiger partial charge in [-0.25, -0.2) is 0 Å². The van der Waals surface area contributed by atoms with E-state index in [2.05, 4.69) is 31.9 Å². The van der Waals surface area contributed by atoms with Crippen molar-refractivity contribution in [1.82, 2.24) is 0 Å². The Balaban J connectivity index is 1.68. The lowest BCUT2D eigenvalue weighted by Crippen LogP contribution is -2.37. The van der Waals surface area contributed by atoms with Crippen molar-refractivity contribution < 1.29 is 14.5 Å². The Morgan fingerprint density at radius 3 is 1.91 bits per heavy atom. The number of carbonyl (C=O) groups is 2. The molecule has 1 heterocycles. The van der Waals surface area contributed by atoms with Crippen LogP contribution in [0, 0.1) is 33.8 Å². The smallest absolute Gasteiger partial charge is 0.269 e. The fourth-order valence-electron chi connectivity index (χ4n) is 4.33. The number of rotatable bonds is 2. The Kier molecular flexibility index (Phi) is 3.39. The van der Waals surface area contributed by atoms with E-state index in [1.807, 2.05) is 0 Å². The Morgan fingerprint density at radius 1 is 1.00 bits per heavy atom. The van der Waals surface area contributed by atoms with Crippen molar-refractivity contribution in [1.29, 1.82) is 0 Å². The predicted molar refractivity (Wildman–Crippen MR) is 89.6 cm³/mol. The number of benzene rings is 1. The van der Waals surface area contributed by atoms with Gasteiger partial charge in [-0.2, -0.15) is 0 Å². The maximum Gasteiger partial charge on any atom is 0.269 e. The van der Waals surface area contributed by atoms with Gasteiger partial charge in [0.25, 0.3) is 5.69 Å². The third-order valence-corrected chi connectivity index (χ3v) is 8.51. The van der Waals surface area contributed by atoms with Crippen LogP contribution in [0.3, 0.4) is 0 Å². The number of nitrogens with zero attached hydrogens (tertiary/aromatic N) is 2. The van der Waals surface area contributed by atoms with Crippen molar-refractivity contribution in [3.8, 4) is 0 Å². The van der Waals surface area contributed by atoms with Gasteiger partial charge in [0.05, 0.1) is 22.4 Å². The first-order valence-corrected chi connectivity index (χ1v) is 9.15. The first-order chi connectivity index (χ1) is 10.9. The van der Waals surface area contributed by atoms with Crippen LogP contribution in [0.2, 0.25) is 0 Å². The summed E-state index contributed by atoms with van der Waals surface area (Å²) in [7, 11) is 0. The van der Waals surface area contributed by atoms with E-state index in [1.54, 1.807) is 0 Å². The van der Waals surface area contributed by atoms with Crippen LogP contribution in [-0.2, 0) is 9.59 Å². The molecule has 6 nitrogen and oxygen atoms in total. The number of fused-ring (bicyclic) bond motifs is 5. The summed E-state index contributed by atoms with van der Waals surface area (Å²) in [6.07, 6.45) is 0.882. The minimum atomic E-state index is -0.503. The third kappa shape index (κ3) is 1.97. The van der Waals surface area contributed by atoms with Gasteiger partial charge in [-0.1, -0.05) is 31.9 Å². The van der Waals surface area contributed by atoms with E-state index in [9.17, 15) is 19.7 Å². The highest BCUT2D eigenvalue weighted by Crippen LogP contribution is 2.60. The molecule has 6 atom stereocenters. The Labute approximate surface area is 148 Å². The summed E-state index contributed by atoms with van der Waals surface area (Å²) in [6.45, 7) is 0. The van der Waals surface area contributed by atoms with Crippen molar-refractivity contribution in [3.63, 3.8) is 0 Å². The Morgan fingerprint density at radius 2 is 1.48 bits per heavy atom. The molecular weight excluding hydrogens is 432 g/mol. The van der Waals surface area contributed by atoms with Gasteiger partial charge in [0.1, 0.15) is 0 Å². The van der Waals surface area contributed by atoms with E-state index in [-0.39, 0.29) is 50.8 Å². The minimum absolute atomic E-state index is 0.0610. The topological polar surface area (TPSA) is 80.5 Å². The molecule has 23 heavy (non-hydrogen) atoms. The molecule has 1 aromatic rings. The maximum atomic E-state index is 12.8. The summed E-state index contributed by atoms with van der Waals surface area (Å²) in [4.78, 5) is 37.4. The molecule has 1 aromatic carbocycles. The van der Waals surface area contributed by atoms with Gasteiger partial charge in [0.2, 0.25) is 11.8 Å². The number of hydrogen-bond donors (Lipinski definition) is 0. The number of carbonyl (C=O) groups excluding carboxylic acids is 2. The number of anilines is 1. The van der Waals surface area contributed by atoms with Crippen molar-refractivity contribution in [2.45, 2.75) is 16.1 Å². The second-order valence-electron chi connectivity index (χ2n) is 6.29. The Hall–Kier alpha value is -1.28. The monoisotopic (exact) mass is 442 g/mol. The van der Waals surface area contributed by atoms with E-state index in [1.165, 1.54) is 29.2 Å². The molecule has 2 amide bonds. The highest BCUT2D eigenvalue weighted by molar-refractivity contribution is 9.12. The zero-order valence-corrected chi connectivity index (χ0v) is 14.9. The number of hydrogen-bond acceptors (Lipinski definition) is 4. The molecule has 2 saturated carbocycles. The fourth-order valence-corrected chi connectivity index (χ4v) is 6.20. The number of non-ortho nitro benzene ring substituents is 1. The molecular formula is C15H12Br2N2O4. The summed E-state index contributed by atoms with van der Waals surface area (Å²) in [6, 6.07) is 5.57. The summed E-state index contributed by atoms with van der Waals surface area (Å²) in [5.74, 6) is -0.583. The largest absolute Gasteiger partial charge is 0.274 e. The lowest BCUT2D eigenvalue weighted by molar-refractivity contribution is -0.384. The van der Waals surface area contributed by atoms with Gasteiger partial charge in [0, 0.05) is 21.8 Å². The Bertz CT molecular complexity index is 691. The van der Waals surface area contributed by atoms with Crippen LogP contribution in [0.4, 0.5) is 11.4 Å². The molecule has 2 aliphatic carbocycles. The summed E-state index contributed by atoms with van der Waals surface area (Å²) < 4.78 is 0. The molecule has 0 spiro atoms. The molecule has 0 unspecified atom stereocenters. The molecule has 120 valence electrons. The van der Waals surface area contributed by atoms with Crippen molar-refractivity contribution in [3.05, 3.63) is 34.4 Å². The first-order valence-electron chi connectivity index (χ1n) is 7.32. The van der Waals surface area contributed by atoms with E-state index in [4.69, 9.17) is 0 Å². The number of nitro benzene ring substituents is 1. The van der Waals surface area contributed by atoms with Gasteiger partial charge < -0.3 is 0 Å². The SMILES string of the molecule is O=C1[C@H]2[C@@H]3C[C@H]([C@@H](Br)[C@H]3Br)[C@@H]2C(=O)N1c1ccc([N+](=O)[O-])cc1. The zero-order chi connectivity index (χ0) is 16.5. The minimum Gasteiger partial charge on any atom is -0.274 e. The van der Waals surface area contributed by atoms with Crippen molar-refractivity contribution in [2.75, 3.05) is 4.90 Å². The average molecular weight is 444 g/mol. The van der Waals surface area contributed by atoms with E-state index in [0.29, 0.717) is 5.69 Å². The lowest BCUT2D eigenvalue weighted by Gasteiger charge is -2.28. The van der Waals surface area contributed by atoms with Crippen LogP contribution in [0.5, 0.6) is 0 Å². The van der Waals surface area contributed by atoms with Crippen LogP contribution < -0.4 is 4.90 Å². The molecule has 3 aliphatic rings. The van der Waals surface area contributed by atoms with E-state index < -0.39 is 4.92 Å². The molecule has 1 aliphatic heterocycles. The van der Waals surface area contributed by atoms with Gasteiger partial charge in [-0.05, 0) is 30.4 Å². The summed E-state index contributed by atoms with van der Waals surface area (Å²) >= 11 is 7.28. The second kappa shape index (κ2) is 5.11. The quantitative estimate of drug-likeness (QED) is 0.304. The molecule has 2 bridgehead atoms. The summed E-state index contributed by atoms with van der Waals surface area (Å²) in [5, 5.41) is 10.7. The van der Waals surface area contributed by atoms with Gasteiger partial charge in [-0.3, -0.25) is 24.6 Å². The van der Waals surface area contributed by atoms with Gasteiger partial charge in [-0.15, -0.1) is 0 Å². The zero-order valence-electron chi connectivity index (χ0n) is 11.8. The molecule has 0 aromatic heterocycles. The molecule has 8 heteroatoms. The molecule has 3 fully saturated rings. The van der Waals surface area contributed by atoms with Crippen LogP contribution in [0.15, 0.2) is 24.3 Å². The van der Waals surface area contributed by atoms with E-state index >= 15 is 0 Å². The van der Waals surface area contributed by atoms with Crippen LogP contribution >= 0.6 is 31.9 Å². The average Bonchev–Trinajstić information content (AvgIpc) is 3.12. The van der Waals surface area contributed by atoms with Crippen molar-refractivity contribution >= 4 is 55.0 Å². The second-order valence-corrected chi connectivity index (χ2v) is 8.40. The third-order valence-electron chi connectivity index (χ3n) is 5.31. The highest BCUT2D eigenvalue weighted by atomic mass is 79.9. The molecule has 1 saturated heterocycles. The fraction of sp³-hybridized carbons (Fsp3) is 0.467. The standard InChI is InChI=1S/C15H12Br2N2O4/c16-12-8-5-9(13(12)17)11-10(8)14(20)18(15(11)21)6-1-3-7(4-2-6)19(22)23/h1-4,8-13H,5H2/t8-,9-,10-,11-,12-,13+/m0/s1. The van der Waals surface area contributed by atoms with Crippen LogP contribution in [0.25, 0.3) is 0 Å². The molecule has 0 radical (unpaired) electrons. The van der Waals surface area contributed by atoms with Gasteiger partial charge >= 0.3 is 0 Å². The molecule has 4 rings (SSSR count). The number of nitro groups is 1. The number of amides is 2. The normalized spacial score (nSPS) is 38.3. The van der Waals surface area contributed by atoms with E-state index in [0.717, 1.165) is 6.42 Å². The molecule has 0 N–H and O–H groups in total. The number of imide groups is 1. The summed E-state index contributed by atoms with van der Waals surface area (Å²) in [5.41, 5.74) is 0.353. The van der Waals surface area contributed by atoms with Crippen molar-refractivity contribution in [2.24, 2.45) is 23.7 Å². The maximum absolute atomic E-state index is 12.8.